The Morgan fingerprint density at radius 1 is 1.27 bits per heavy atom. The summed E-state index contributed by atoms with van der Waals surface area (Å²) in [6.45, 7) is 1.86. The predicted molar refractivity (Wildman–Crippen MR) is 81.7 cm³/mol. The number of halogens is 1. The average molecular weight is 298 g/mol. The zero-order chi connectivity index (χ0) is 15.7. The van der Waals surface area contributed by atoms with Gasteiger partial charge in [-0.1, -0.05) is 6.07 Å². The van der Waals surface area contributed by atoms with Gasteiger partial charge in [0.25, 0.3) is 0 Å². The maximum Gasteiger partial charge on any atom is 0.241 e. The molecule has 0 unspecified atom stereocenters. The van der Waals surface area contributed by atoms with Crippen LogP contribution in [-0.2, 0) is 11.3 Å². The highest BCUT2D eigenvalue weighted by Crippen LogP contribution is 2.24. The van der Waals surface area contributed by atoms with Gasteiger partial charge in [-0.05, 0) is 36.2 Å². The van der Waals surface area contributed by atoms with Gasteiger partial charge in [-0.2, -0.15) is 5.10 Å². The van der Waals surface area contributed by atoms with Gasteiger partial charge in [0.15, 0.2) is 0 Å². The van der Waals surface area contributed by atoms with Gasteiger partial charge in [0, 0.05) is 18.8 Å². The van der Waals surface area contributed by atoms with Gasteiger partial charge in [-0.15, -0.1) is 0 Å². The Morgan fingerprint density at radius 3 is 2.82 bits per heavy atom. The second-order valence-electron chi connectivity index (χ2n) is 5.07. The molecule has 0 aliphatic rings. The molecule has 0 atom stereocenters. The van der Waals surface area contributed by atoms with Crippen molar-refractivity contribution < 1.29 is 9.18 Å². The lowest BCUT2D eigenvalue weighted by Crippen LogP contribution is -2.23. The van der Waals surface area contributed by atoms with Crippen molar-refractivity contribution in [1.29, 1.82) is 0 Å². The Hall–Kier alpha value is -2.76. The van der Waals surface area contributed by atoms with Crippen molar-refractivity contribution in [3.8, 4) is 11.1 Å². The molecule has 0 spiro atoms. The number of aromatic nitrogens is 3. The Bertz CT molecular complexity index is 856. The summed E-state index contributed by atoms with van der Waals surface area (Å²) in [4.78, 5) is 15.9. The highest BCUT2D eigenvalue weighted by Gasteiger charge is 2.10. The standard InChI is InChI=1S/C16H15FN4O/c1-10-5-11(3-4-13(10)17)12-6-15-14(19-7-12)8-20-21(15)9-16(22)18-2/h3-8H,9H2,1-2H3,(H,18,22). The summed E-state index contributed by atoms with van der Waals surface area (Å²) in [6, 6.07) is 6.84. The molecule has 6 heteroatoms. The molecule has 0 saturated heterocycles. The molecule has 5 nitrogen and oxygen atoms in total. The summed E-state index contributed by atoms with van der Waals surface area (Å²) in [5.41, 5.74) is 3.79. The van der Waals surface area contributed by atoms with Crippen LogP contribution in [0.3, 0.4) is 0 Å². The number of pyridine rings is 1. The summed E-state index contributed by atoms with van der Waals surface area (Å²) in [7, 11) is 1.58. The normalized spacial score (nSPS) is 10.9. The van der Waals surface area contributed by atoms with E-state index >= 15 is 0 Å². The molecule has 112 valence electrons. The Labute approximate surface area is 126 Å². The maximum atomic E-state index is 13.4. The van der Waals surface area contributed by atoms with Gasteiger partial charge in [0.05, 0.1) is 11.7 Å². The SMILES string of the molecule is CNC(=O)Cn1ncc2ncc(-c3ccc(F)c(C)c3)cc21. The Balaban J connectivity index is 2.06. The average Bonchev–Trinajstić information content (AvgIpc) is 2.92. The molecular weight excluding hydrogens is 283 g/mol. The van der Waals surface area contributed by atoms with Crippen LogP contribution in [0.5, 0.6) is 0 Å². The highest BCUT2D eigenvalue weighted by atomic mass is 19.1. The molecule has 0 bridgehead atoms. The number of hydrogen-bond acceptors (Lipinski definition) is 3. The number of nitrogens with zero attached hydrogens (tertiary/aromatic N) is 3. The lowest BCUT2D eigenvalue weighted by molar-refractivity contribution is -0.121. The van der Waals surface area contributed by atoms with Gasteiger partial charge in [0.2, 0.25) is 5.91 Å². The van der Waals surface area contributed by atoms with E-state index in [0.29, 0.717) is 11.1 Å². The fourth-order valence-corrected chi connectivity index (χ4v) is 2.28. The second-order valence-corrected chi connectivity index (χ2v) is 5.07. The minimum atomic E-state index is -0.234. The molecule has 22 heavy (non-hydrogen) atoms. The molecule has 1 N–H and O–H groups in total. The van der Waals surface area contributed by atoms with E-state index in [1.54, 1.807) is 43.2 Å². The minimum absolute atomic E-state index is 0.131. The van der Waals surface area contributed by atoms with Crippen LogP contribution in [0.25, 0.3) is 22.2 Å². The van der Waals surface area contributed by atoms with Crippen molar-refractivity contribution >= 4 is 16.9 Å². The molecule has 0 fully saturated rings. The predicted octanol–water partition coefficient (Wildman–Crippen LogP) is 2.29. The molecule has 3 aromatic rings. The van der Waals surface area contributed by atoms with Crippen LogP contribution in [-0.4, -0.2) is 27.7 Å². The lowest BCUT2D eigenvalue weighted by atomic mass is 10.0. The second kappa shape index (κ2) is 5.55. The number of benzene rings is 1. The molecule has 2 aromatic heterocycles. The summed E-state index contributed by atoms with van der Waals surface area (Å²) >= 11 is 0. The number of carbonyl (C=O) groups excluding carboxylic acids is 1. The summed E-state index contributed by atoms with van der Waals surface area (Å²) < 4.78 is 15.0. The first kappa shape index (κ1) is 14.2. The third-order valence-corrected chi connectivity index (χ3v) is 3.56. The number of rotatable bonds is 3. The summed E-state index contributed by atoms with van der Waals surface area (Å²) in [6.07, 6.45) is 3.35. The summed E-state index contributed by atoms with van der Waals surface area (Å²) in [5, 5.41) is 6.75. The van der Waals surface area contributed by atoms with Crippen LogP contribution < -0.4 is 5.32 Å². The zero-order valence-corrected chi connectivity index (χ0v) is 12.3. The molecule has 3 rings (SSSR count). The highest BCUT2D eigenvalue weighted by molar-refractivity contribution is 5.82. The molecule has 1 aromatic carbocycles. The van der Waals surface area contributed by atoms with E-state index in [-0.39, 0.29) is 18.3 Å². The van der Waals surface area contributed by atoms with E-state index in [4.69, 9.17) is 0 Å². The quantitative estimate of drug-likeness (QED) is 0.807. The maximum absolute atomic E-state index is 13.4. The van der Waals surface area contributed by atoms with E-state index in [9.17, 15) is 9.18 Å². The van der Waals surface area contributed by atoms with Crippen LogP contribution >= 0.6 is 0 Å². The van der Waals surface area contributed by atoms with Crippen molar-refractivity contribution in [3.05, 3.63) is 48.0 Å². The molecule has 0 aliphatic carbocycles. The smallest absolute Gasteiger partial charge is 0.241 e. The van der Waals surface area contributed by atoms with E-state index in [1.807, 2.05) is 6.07 Å². The number of fused-ring (bicyclic) bond motifs is 1. The first-order chi connectivity index (χ1) is 10.6. The van der Waals surface area contributed by atoms with E-state index in [2.05, 4.69) is 15.4 Å². The first-order valence-corrected chi connectivity index (χ1v) is 6.87. The van der Waals surface area contributed by atoms with Gasteiger partial charge >= 0.3 is 0 Å². The fourth-order valence-electron chi connectivity index (χ4n) is 2.28. The number of nitrogens with one attached hydrogen (secondary N) is 1. The molecule has 0 aliphatic heterocycles. The van der Waals surface area contributed by atoms with E-state index in [1.165, 1.54) is 6.07 Å². The van der Waals surface area contributed by atoms with Gasteiger partial charge in [0.1, 0.15) is 17.9 Å². The number of hydrogen-bond donors (Lipinski definition) is 1. The van der Waals surface area contributed by atoms with Crippen LogP contribution in [0, 0.1) is 12.7 Å². The third-order valence-electron chi connectivity index (χ3n) is 3.56. The van der Waals surface area contributed by atoms with Crippen LogP contribution in [0.1, 0.15) is 5.56 Å². The van der Waals surface area contributed by atoms with Gasteiger partial charge in [-0.3, -0.25) is 14.5 Å². The number of aryl methyl sites for hydroxylation is 1. The van der Waals surface area contributed by atoms with Crippen LogP contribution in [0.2, 0.25) is 0 Å². The number of amides is 1. The molecule has 1 amide bonds. The molecule has 2 heterocycles. The summed E-state index contributed by atoms with van der Waals surface area (Å²) in [5.74, 6) is -0.365. The lowest BCUT2D eigenvalue weighted by Gasteiger charge is -2.06. The first-order valence-electron chi connectivity index (χ1n) is 6.87. The topological polar surface area (TPSA) is 59.8 Å². The van der Waals surface area contributed by atoms with Crippen molar-refractivity contribution in [3.63, 3.8) is 0 Å². The fraction of sp³-hybridized carbons (Fsp3) is 0.188. The Morgan fingerprint density at radius 2 is 2.09 bits per heavy atom. The minimum Gasteiger partial charge on any atom is -0.358 e. The Kier molecular flexibility index (Phi) is 3.58. The van der Waals surface area contributed by atoms with Crippen LogP contribution in [0.4, 0.5) is 4.39 Å². The van der Waals surface area contributed by atoms with E-state index < -0.39 is 0 Å². The molecule has 0 saturated carbocycles. The number of likely N-dealkylation sites (N-methyl/N-ethyl adjacent to an activating group) is 1. The van der Waals surface area contributed by atoms with Gasteiger partial charge < -0.3 is 5.32 Å². The zero-order valence-electron chi connectivity index (χ0n) is 12.3. The molecule has 0 radical (unpaired) electrons. The van der Waals surface area contributed by atoms with Crippen molar-refractivity contribution in [2.45, 2.75) is 13.5 Å². The van der Waals surface area contributed by atoms with Crippen molar-refractivity contribution in [1.82, 2.24) is 20.1 Å². The van der Waals surface area contributed by atoms with Gasteiger partial charge in [-0.25, -0.2) is 4.39 Å². The molecular formula is C16H15FN4O. The van der Waals surface area contributed by atoms with E-state index in [0.717, 1.165) is 16.6 Å². The van der Waals surface area contributed by atoms with Crippen LogP contribution in [0.15, 0.2) is 36.7 Å². The van der Waals surface area contributed by atoms with Crippen molar-refractivity contribution in [2.24, 2.45) is 0 Å². The van der Waals surface area contributed by atoms with Crippen molar-refractivity contribution in [2.75, 3.05) is 7.05 Å². The monoisotopic (exact) mass is 298 g/mol. The third kappa shape index (κ3) is 2.55. The largest absolute Gasteiger partial charge is 0.358 e. The number of carbonyl (C=O) groups is 1.